The van der Waals surface area contributed by atoms with Crippen LogP contribution in [0.2, 0.25) is 15.1 Å². The average molecular weight is 537 g/mol. The minimum atomic E-state index is -0.673. The summed E-state index contributed by atoms with van der Waals surface area (Å²) >= 11 is 21.8. The molecule has 0 unspecified atom stereocenters. The zero-order valence-corrected chi connectivity index (χ0v) is 20.4. The molecule has 162 valence electrons. The summed E-state index contributed by atoms with van der Waals surface area (Å²) in [6, 6.07) is 9.47. The van der Waals surface area contributed by atoms with E-state index in [4.69, 9.17) is 39.5 Å². The number of ether oxygens (including phenoxy) is 1. The lowest BCUT2D eigenvalue weighted by Crippen LogP contribution is -2.50. The lowest BCUT2D eigenvalue weighted by molar-refractivity contribution is -0.142. The molecule has 1 N–H and O–H groups in total. The number of carbonyl (C=O) groups is 2. The van der Waals surface area contributed by atoms with Gasteiger partial charge in [-0.05, 0) is 49.2 Å². The van der Waals surface area contributed by atoms with Crippen molar-refractivity contribution in [3.05, 3.63) is 61.5 Å². The van der Waals surface area contributed by atoms with E-state index in [0.717, 1.165) is 4.47 Å². The van der Waals surface area contributed by atoms with E-state index in [0.29, 0.717) is 39.3 Å². The van der Waals surface area contributed by atoms with Gasteiger partial charge in [-0.25, -0.2) is 0 Å². The first-order valence-electron chi connectivity index (χ1n) is 9.35. The Morgan fingerprint density at radius 2 is 1.83 bits per heavy atom. The minimum Gasteiger partial charge on any atom is -0.482 e. The van der Waals surface area contributed by atoms with Gasteiger partial charge in [0.05, 0.1) is 5.02 Å². The number of likely N-dealkylation sites (N-methyl/N-ethyl adjacent to an activating group) is 1. The fraction of sp³-hybridized carbons (Fsp3) is 0.333. The fourth-order valence-electron chi connectivity index (χ4n) is 2.86. The highest BCUT2D eigenvalue weighted by Crippen LogP contribution is 2.28. The van der Waals surface area contributed by atoms with Crippen molar-refractivity contribution in [2.45, 2.75) is 32.9 Å². The van der Waals surface area contributed by atoms with Gasteiger partial charge >= 0.3 is 0 Å². The van der Waals surface area contributed by atoms with E-state index in [1.165, 1.54) is 4.90 Å². The van der Waals surface area contributed by atoms with Gasteiger partial charge in [0.1, 0.15) is 11.8 Å². The van der Waals surface area contributed by atoms with Crippen molar-refractivity contribution >= 4 is 62.5 Å². The van der Waals surface area contributed by atoms with Gasteiger partial charge in [0, 0.05) is 27.6 Å². The summed E-state index contributed by atoms with van der Waals surface area (Å²) in [5.41, 5.74) is 0.679. The Bertz CT molecular complexity index is 911. The van der Waals surface area contributed by atoms with Gasteiger partial charge < -0.3 is 15.0 Å². The van der Waals surface area contributed by atoms with E-state index in [9.17, 15) is 9.59 Å². The van der Waals surface area contributed by atoms with Gasteiger partial charge in [-0.3, -0.25) is 9.59 Å². The molecule has 0 bridgehead atoms. The summed E-state index contributed by atoms with van der Waals surface area (Å²) in [6.45, 7) is 4.00. The van der Waals surface area contributed by atoms with Crippen LogP contribution in [0.1, 0.15) is 25.8 Å². The number of amides is 2. The maximum Gasteiger partial charge on any atom is 0.261 e. The molecule has 0 aliphatic heterocycles. The molecule has 0 saturated carbocycles. The third kappa shape index (κ3) is 6.77. The van der Waals surface area contributed by atoms with Gasteiger partial charge in [0.2, 0.25) is 5.91 Å². The normalized spacial score (nSPS) is 11.7. The molecule has 2 amide bonds. The third-order valence-corrected chi connectivity index (χ3v) is 5.71. The van der Waals surface area contributed by atoms with Crippen molar-refractivity contribution in [1.82, 2.24) is 10.2 Å². The lowest BCUT2D eigenvalue weighted by Gasteiger charge is -2.30. The monoisotopic (exact) mass is 534 g/mol. The van der Waals surface area contributed by atoms with E-state index in [-0.39, 0.29) is 25.0 Å². The largest absolute Gasteiger partial charge is 0.482 e. The fourth-order valence-corrected chi connectivity index (χ4v) is 4.06. The molecule has 2 aromatic carbocycles. The molecule has 0 aliphatic carbocycles. The van der Waals surface area contributed by atoms with Crippen LogP contribution in [0.15, 0.2) is 40.9 Å². The molecule has 0 heterocycles. The zero-order valence-electron chi connectivity index (χ0n) is 16.6. The van der Waals surface area contributed by atoms with Crippen LogP contribution in [-0.4, -0.2) is 35.9 Å². The summed E-state index contributed by atoms with van der Waals surface area (Å²) < 4.78 is 6.42. The van der Waals surface area contributed by atoms with Gasteiger partial charge in [-0.15, -0.1) is 0 Å². The summed E-state index contributed by atoms with van der Waals surface area (Å²) in [5, 5.41) is 4.06. The van der Waals surface area contributed by atoms with Gasteiger partial charge in [0.15, 0.2) is 6.61 Å². The summed E-state index contributed by atoms with van der Waals surface area (Å²) in [6.07, 6.45) is 0.432. The molecule has 5 nitrogen and oxygen atoms in total. The van der Waals surface area contributed by atoms with Crippen molar-refractivity contribution in [3.63, 3.8) is 0 Å². The molecular weight excluding hydrogens is 515 g/mol. The molecular formula is C21H22BrCl3N2O3. The number of nitrogens with one attached hydrogen (secondary N) is 1. The molecule has 0 aliphatic rings. The molecule has 0 radical (unpaired) electrons. The molecule has 30 heavy (non-hydrogen) atoms. The van der Waals surface area contributed by atoms with Crippen LogP contribution in [-0.2, 0) is 16.1 Å². The van der Waals surface area contributed by atoms with Crippen LogP contribution in [0.25, 0.3) is 0 Å². The number of benzene rings is 2. The SMILES string of the molecule is CCNC(=O)[C@H](CC)N(Cc1ccc(Cl)cc1Cl)C(=O)COc1ccc(Br)cc1Cl. The van der Waals surface area contributed by atoms with Crippen molar-refractivity contribution in [1.29, 1.82) is 0 Å². The maximum atomic E-state index is 13.1. The Kier molecular flexibility index (Phi) is 9.75. The van der Waals surface area contributed by atoms with E-state index in [2.05, 4.69) is 21.2 Å². The molecule has 2 aromatic rings. The van der Waals surface area contributed by atoms with Crippen LogP contribution >= 0.6 is 50.7 Å². The predicted octanol–water partition coefficient (Wildman–Crippen LogP) is 5.73. The van der Waals surface area contributed by atoms with Crippen LogP contribution in [0.4, 0.5) is 0 Å². The number of halogens is 4. The quantitative estimate of drug-likeness (QED) is 0.445. The minimum absolute atomic E-state index is 0.141. The van der Waals surface area contributed by atoms with Gasteiger partial charge in [-0.1, -0.05) is 63.7 Å². The zero-order chi connectivity index (χ0) is 22.3. The van der Waals surface area contributed by atoms with Crippen molar-refractivity contribution < 1.29 is 14.3 Å². The number of nitrogens with zero attached hydrogens (tertiary/aromatic N) is 1. The van der Waals surface area contributed by atoms with Crippen LogP contribution in [0.3, 0.4) is 0 Å². The molecule has 0 aromatic heterocycles. The molecule has 2 rings (SSSR count). The summed E-state index contributed by atoms with van der Waals surface area (Å²) in [5.74, 6) is -0.220. The highest BCUT2D eigenvalue weighted by atomic mass is 79.9. The smallest absolute Gasteiger partial charge is 0.261 e. The van der Waals surface area contributed by atoms with Crippen LogP contribution in [0.5, 0.6) is 5.75 Å². The van der Waals surface area contributed by atoms with Gasteiger partial charge in [0.25, 0.3) is 5.91 Å². The second-order valence-corrected chi connectivity index (χ2v) is 8.61. The number of hydrogen-bond acceptors (Lipinski definition) is 3. The number of rotatable bonds is 9. The first-order chi connectivity index (χ1) is 14.3. The highest BCUT2D eigenvalue weighted by Gasteiger charge is 2.29. The lowest BCUT2D eigenvalue weighted by atomic mass is 10.1. The highest BCUT2D eigenvalue weighted by molar-refractivity contribution is 9.10. The second-order valence-electron chi connectivity index (χ2n) is 6.44. The standard InChI is InChI=1S/C21H22BrCl3N2O3/c1-3-18(21(29)26-4-2)27(11-13-5-7-15(23)10-16(13)24)20(28)12-30-19-8-6-14(22)9-17(19)25/h5-10,18H,3-4,11-12H2,1-2H3,(H,26,29)/t18-/m0/s1. The topological polar surface area (TPSA) is 58.6 Å². The predicted molar refractivity (Wildman–Crippen MR) is 124 cm³/mol. The first kappa shape index (κ1) is 24.8. The van der Waals surface area contributed by atoms with Crippen LogP contribution < -0.4 is 10.1 Å². The molecule has 0 spiro atoms. The Labute approximate surface area is 199 Å². The summed E-state index contributed by atoms with van der Waals surface area (Å²) in [7, 11) is 0. The summed E-state index contributed by atoms with van der Waals surface area (Å²) in [4.78, 5) is 27.1. The number of hydrogen-bond donors (Lipinski definition) is 1. The van der Waals surface area contributed by atoms with Crippen molar-refractivity contribution in [2.24, 2.45) is 0 Å². The van der Waals surface area contributed by atoms with E-state index < -0.39 is 6.04 Å². The third-order valence-electron chi connectivity index (χ3n) is 4.34. The van der Waals surface area contributed by atoms with Gasteiger partial charge in [-0.2, -0.15) is 0 Å². The molecule has 0 saturated heterocycles. The molecule has 9 heteroatoms. The Balaban J connectivity index is 2.26. The maximum absolute atomic E-state index is 13.1. The Morgan fingerprint density at radius 3 is 2.43 bits per heavy atom. The Hall–Kier alpha value is -1.47. The second kappa shape index (κ2) is 11.8. The first-order valence-corrected chi connectivity index (χ1v) is 11.3. The van der Waals surface area contributed by atoms with Crippen molar-refractivity contribution in [3.8, 4) is 5.75 Å². The van der Waals surface area contributed by atoms with E-state index in [1.54, 1.807) is 36.4 Å². The molecule has 0 fully saturated rings. The van der Waals surface area contributed by atoms with E-state index in [1.807, 2.05) is 13.8 Å². The average Bonchev–Trinajstić information content (AvgIpc) is 2.68. The Morgan fingerprint density at radius 1 is 1.10 bits per heavy atom. The number of carbonyl (C=O) groups excluding carboxylic acids is 2. The molecule has 1 atom stereocenters. The van der Waals surface area contributed by atoms with Crippen molar-refractivity contribution in [2.75, 3.05) is 13.2 Å². The van der Waals surface area contributed by atoms with E-state index >= 15 is 0 Å². The van der Waals surface area contributed by atoms with Crippen LogP contribution in [0, 0.1) is 0 Å².